The predicted molar refractivity (Wildman–Crippen MR) is 91.8 cm³/mol. The van der Waals surface area contributed by atoms with Crippen LogP contribution in [0.5, 0.6) is 0 Å². The number of halogens is 2. The van der Waals surface area contributed by atoms with Crippen molar-refractivity contribution in [1.82, 2.24) is 10.6 Å². The Labute approximate surface area is 139 Å². The molecule has 108 valence electrons. The molecule has 7 heteroatoms. The molecule has 0 aromatic carbocycles. The SMILES string of the molecule is CN=C(NCC(O)c1ccc(Cl)s1)NC1CC1C.I. The summed E-state index contributed by atoms with van der Waals surface area (Å²) in [6.07, 6.45) is 0.627. The highest BCUT2D eigenvalue weighted by atomic mass is 127. The molecule has 0 radical (unpaired) electrons. The van der Waals surface area contributed by atoms with Crippen LogP contribution in [-0.4, -0.2) is 30.7 Å². The standard InChI is InChI=1S/C12H18ClN3OS.HI/c1-7-5-8(7)16-12(14-2)15-6-9(17)10-3-4-11(13)18-10;/h3-4,7-9,17H,5-6H2,1-2H3,(H2,14,15,16);1H. The molecular formula is C12H19ClIN3OS. The first-order valence-electron chi connectivity index (χ1n) is 6.00. The maximum Gasteiger partial charge on any atom is 0.191 e. The van der Waals surface area contributed by atoms with Crippen LogP contribution >= 0.6 is 46.9 Å². The maximum absolute atomic E-state index is 9.99. The first-order chi connectivity index (χ1) is 8.60. The van der Waals surface area contributed by atoms with Gasteiger partial charge in [-0.05, 0) is 24.5 Å². The molecule has 0 bridgehead atoms. The van der Waals surface area contributed by atoms with Gasteiger partial charge in [-0.15, -0.1) is 35.3 Å². The van der Waals surface area contributed by atoms with Crippen molar-refractivity contribution in [3.63, 3.8) is 0 Å². The van der Waals surface area contributed by atoms with Gasteiger partial charge >= 0.3 is 0 Å². The molecule has 1 fully saturated rings. The number of thiophene rings is 1. The average Bonchev–Trinajstić information content (AvgIpc) is 2.86. The van der Waals surface area contributed by atoms with Crippen molar-refractivity contribution in [3.05, 3.63) is 21.3 Å². The summed E-state index contributed by atoms with van der Waals surface area (Å²) in [6, 6.07) is 4.16. The molecule has 3 atom stereocenters. The minimum Gasteiger partial charge on any atom is -0.386 e. The van der Waals surface area contributed by atoms with Gasteiger partial charge in [0.05, 0.1) is 4.34 Å². The third-order valence-electron chi connectivity index (χ3n) is 3.04. The summed E-state index contributed by atoms with van der Waals surface area (Å²) in [4.78, 5) is 5.00. The van der Waals surface area contributed by atoms with Gasteiger partial charge in [0.1, 0.15) is 6.10 Å². The van der Waals surface area contributed by atoms with Gasteiger partial charge in [-0.2, -0.15) is 0 Å². The lowest BCUT2D eigenvalue weighted by Gasteiger charge is -2.14. The van der Waals surface area contributed by atoms with E-state index in [1.807, 2.05) is 6.07 Å². The lowest BCUT2D eigenvalue weighted by molar-refractivity contribution is 0.184. The summed E-state index contributed by atoms with van der Waals surface area (Å²) in [7, 11) is 1.73. The Morgan fingerprint density at radius 1 is 1.63 bits per heavy atom. The van der Waals surface area contributed by atoms with Crippen molar-refractivity contribution in [2.45, 2.75) is 25.5 Å². The number of rotatable bonds is 4. The zero-order valence-corrected chi connectivity index (χ0v) is 14.8. The third-order valence-corrected chi connectivity index (χ3v) is 4.37. The van der Waals surface area contributed by atoms with Crippen LogP contribution in [0.3, 0.4) is 0 Å². The van der Waals surface area contributed by atoms with E-state index in [4.69, 9.17) is 11.6 Å². The molecule has 1 aromatic rings. The van der Waals surface area contributed by atoms with Crippen LogP contribution < -0.4 is 10.6 Å². The molecule has 19 heavy (non-hydrogen) atoms. The number of aliphatic hydroxyl groups excluding tert-OH is 1. The summed E-state index contributed by atoms with van der Waals surface area (Å²) < 4.78 is 0.693. The Kier molecular flexibility index (Phi) is 6.85. The fraction of sp³-hybridized carbons (Fsp3) is 0.583. The summed E-state index contributed by atoms with van der Waals surface area (Å²) in [5.74, 6) is 1.45. The molecule has 1 saturated carbocycles. The van der Waals surface area contributed by atoms with Crippen molar-refractivity contribution in [2.24, 2.45) is 10.9 Å². The van der Waals surface area contributed by atoms with Crippen LogP contribution in [0.15, 0.2) is 17.1 Å². The summed E-state index contributed by atoms with van der Waals surface area (Å²) in [5, 5.41) is 16.4. The molecule has 1 aliphatic rings. The third kappa shape index (κ3) is 5.09. The van der Waals surface area contributed by atoms with Crippen LogP contribution in [0.4, 0.5) is 0 Å². The molecule has 3 N–H and O–H groups in total. The topological polar surface area (TPSA) is 56.7 Å². The largest absolute Gasteiger partial charge is 0.386 e. The van der Waals surface area contributed by atoms with Gasteiger partial charge in [-0.25, -0.2) is 0 Å². The second-order valence-electron chi connectivity index (χ2n) is 4.57. The lowest BCUT2D eigenvalue weighted by Crippen LogP contribution is -2.40. The highest BCUT2D eigenvalue weighted by Gasteiger charge is 2.33. The quantitative estimate of drug-likeness (QED) is 0.402. The predicted octanol–water partition coefficient (Wildman–Crippen LogP) is 2.63. The smallest absolute Gasteiger partial charge is 0.191 e. The van der Waals surface area contributed by atoms with Crippen molar-refractivity contribution in [2.75, 3.05) is 13.6 Å². The number of nitrogens with one attached hydrogen (secondary N) is 2. The van der Waals surface area contributed by atoms with Gasteiger partial charge < -0.3 is 15.7 Å². The van der Waals surface area contributed by atoms with Gasteiger partial charge in [0.25, 0.3) is 0 Å². The number of aliphatic imine (C=N–C) groups is 1. The fourth-order valence-electron chi connectivity index (χ4n) is 1.69. The highest BCUT2D eigenvalue weighted by molar-refractivity contribution is 14.0. The molecule has 0 aliphatic heterocycles. The van der Waals surface area contributed by atoms with Crippen LogP contribution in [0.2, 0.25) is 4.34 Å². The molecular weight excluding hydrogens is 397 g/mol. The van der Waals surface area contributed by atoms with Crippen molar-refractivity contribution >= 4 is 52.9 Å². The van der Waals surface area contributed by atoms with Crippen molar-refractivity contribution in [1.29, 1.82) is 0 Å². The molecule has 0 saturated heterocycles. The number of nitrogens with zero attached hydrogens (tertiary/aromatic N) is 1. The van der Waals surface area contributed by atoms with Crippen LogP contribution in [0, 0.1) is 5.92 Å². The summed E-state index contributed by atoms with van der Waals surface area (Å²) in [6.45, 7) is 2.63. The molecule has 0 amide bonds. The highest BCUT2D eigenvalue weighted by Crippen LogP contribution is 2.29. The van der Waals surface area contributed by atoms with Crippen molar-refractivity contribution < 1.29 is 5.11 Å². The number of aliphatic hydroxyl groups is 1. The number of hydrogen-bond acceptors (Lipinski definition) is 3. The molecule has 0 spiro atoms. The van der Waals surface area contributed by atoms with E-state index in [0.717, 1.165) is 10.8 Å². The van der Waals surface area contributed by atoms with E-state index in [2.05, 4.69) is 22.5 Å². The molecule has 1 aromatic heterocycles. The zero-order valence-electron chi connectivity index (χ0n) is 10.9. The number of guanidine groups is 1. The summed E-state index contributed by atoms with van der Waals surface area (Å²) in [5.41, 5.74) is 0. The van der Waals surface area contributed by atoms with Gasteiger partial charge in [0, 0.05) is 24.5 Å². The zero-order chi connectivity index (χ0) is 13.1. The van der Waals surface area contributed by atoms with Crippen LogP contribution in [0.1, 0.15) is 24.3 Å². The Bertz CT molecular complexity index is 440. The van der Waals surface area contributed by atoms with E-state index >= 15 is 0 Å². The Morgan fingerprint density at radius 3 is 2.79 bits per heavy atom. The second kappa shape index (κ2) is 7.66. The van der Waals surface area contributed by atoms with Gasteiger partial charge in [0.2, 0.25) is 0 Å². The molecule has 3 unspecified atom stereocenters. The minimum atomic E-state index is -0.558. The second-order valence-corrected chi connectivity index (χ2v) is 6.32. The van der Waals surface area contributed by atoms with Gasteiger partial charge in [0.15, 0.2) is 5.96 Å². The van der Waals surface area contributed by atoms with Gasteiger partial charge in [-0.1, -0.05) is 18.5 Å². The van der Waals surface area contributed by atoms with E-state index in [1.54, 1.807) is 13.1 Å². The first-order valence-corrected chi connectivity index (χ1v) is 7.20. The van der Waals surface area contributed by atoms with E-state index in [9.17, 15) is 5.11 Å². The normalized spacial score (nSPS) is 23.5. The lowest BCUT2D eigenvalue weighted by atomic mass is 10.3. The average molecular weight is 416 g/mol. The van der Waals surface area contributed by atoms with Crippen LogP contribution in [-0.2, 0) is 0 Å². The Balaban J connectivity index is 0.00000180. The molecule has 1 heterocycles. The minimum absolute atomic E-state index is 0. The van der Waals surface area contributed by atoms with E-state index < -0.39 is 6.10 Å². The molecule has 4 nitrogen and oxygen atoms in total. The van der Waals surface area contributed by atoms with Gasteiger partial charge in [-0.3, -0.25) is 4.99 Å². The monoisotopic (exact) mass is 415 g/mol. The fourth-order valence-corrected chi connectivity index (χ4v) is 2.74. The van der Waals surface area contributed by atoms with Crippen LogP contribution in [0.25, 0.3) is 0 Å². The Morgan fingerprint density at radius 2 is 2.32 bits per heavy atom. The maximum atomic E-state index is 9.99. The first kappa shape index (κ1) is 17.0. The molecule has 2 rings (SSSR count). The van der Waals surface area contributed by atoms with E-state index in [0.29, 0.717) is 22.8 Å². The van der Waals surface area contributed by atoms with E-state index in [1.165, 1.54) is 17.8 Å². The number of hydrogen-bond donors (Lipinski definition) is 3. The molecule has 1 aliphatic carbocycles. The van der Waals surface area contributed by atoms with Crippen molar-refractivity contribution in [3.8, 4) is 0 Å². The van der Waals surface area contributed by atoms with E-state index in [-0.39, 0.29) is 24.0 Å². The Hall–Kier alpha value is -0.0500. The summed E-state index contributed by atoms with van der Waals surface area (Å²) >= 11 is 7.24.